The van der Waals surface area contributed by atoms with Crippen LogP contribution >= 0.6 is 23.4 Å². The fourth-order valence-corrected chi connectivity index (χ4v) is 4.50. The first-order valence-corrected chi connectivity index (χ1v) is 10.5. The SMILES string of the molecule is CCN(c1cc(OC)c(Cl)cc1OC)S(=O)(=O)c1ccc(SC)cc1. The van der Waals surface area contributed by atoms with Crippen LogP contribution in [0.5, 0.6) is 11.5 Å². The molecule has 0 atom stereocenters. The minimum atomic E-state index is -3.75. The molecule has 0 N–H and O–H groups in total. The van der Waals surface area contributed by atoms with Gasteiger partial charge in [-0.1, -0.05) is 11.6 Å². The highest BCUT2D eigenvalue weighted by atomic mass is 35.5. The lowest BCUT2D eigenvalue weighted by Gasteiger charge is -2.25. The molecule has 0 heterocycles. The number of nitrogens with zero attached hydrogens (tertiary/aromatic N) is 1. The van der Waals surface area contributed by atoms with E-state index in [4.69, 9.17) is 21.1 Å². The van der Waals surface area contributed by atoms with Crippen LogP contribution < -0.4 is 13.8 Å². The van der Waals surface area contributed by atoms with E-state index >= 15 is 0 Å². The van der Waals surface area contributed by atoms with Crippen LogP contribution in [0.15, 0.2) is 46.2 Å². The summed E-state index contributed by atoms with van der Waals surface area (Å²) in [7, 11) is -0.811. The van der Waals surface area contributed by atoms with E-state index < -0.39 is 10.0 Å². The molecular formula is C17H20ClNO4S2. The molecule has 0 spiro atoms. The third-order valence-electron chi connectivity index (χ3n) is 3.66. The predicted octanol–water partition coefficient (Wildman–Crippen LogP) is 4.29. The summed E-state index contributed by atoms with van der Waals surface area (Å²) in [5.41, 5.74) is 0.375. The molecule has 0 radical (unpaired) electrons. The van der Waals surface area contributed by atoms with Crippen molar-refractivity contribution in [2.75, 3.05) is 31.3 Å². The second-order valence-electron chi connectivity index (χ2n) is 5.00. The minimum absolute atomic E-state index is 0.211. The lowest BCUT2D eigenvalue weighted by atomic mass is 10.2. The number of ether oxygens (including phenoxy) is 2. The maximum absolute atomic E-state index is 13.1. The van der Waals surface area contributed by atoms with Gasteiger partial charge in [0.05, 0.1) is 29.8 Å². The fraction of sp³-hybridized carbons (Fsp3) is 0.294. The number of anilines is 1. The number of thioether (sulfide) groups is 1. The average Bonchev–Trinajstić information content (AvgIpc) is 2.62. The molecule has 2 aromatic carbocycles. The lowest BCUT2D eigenvalue weighted by molar-refractivity contribution is 0.404. The first-order valence-electron chi connectivity index (χ1n) is 7.47. The Bertz CT molecular complexity index is 838. The number of hydrogen-bond donors (Lipinski definition) is 0. The van der Waals surface area contributed by atoms with Gasteiger partial charge in [0.25, 0.3) is 10.0 Å². The molecule has 0 aliphatic heterocycles. The highest BCUT2D eigenvalue weighted by molar-refractivity contribution is 7.98. The molecule has 136 valence electrons. The summed E-state index contributed by atoms with van der Waals surface area (Å²) in [6, 6.07) is 9.88. The zero-order chi connectivity index (χ0) is 18.6. The van der Waals surface area contributed by atoms with E-state index in [1.165, 1.54) is 18.5 Å². The smallest absolute Gasteiger partial charge is 0.264 e. The van der Waals surface area contributed by atoms with Crippen molar-refractivity contribution in [3.8, 4) is 11.5 Å². The molecular weight excluding hydrogens is 382 g/mol. The highest BCUT2D eigenvalue weighted by Gasteiger charge is 2.27. The van der Waals surface area contributed by atoms with Crippen LogP contribution in [-0.4, -0.2) is 35.4 Å². The molecule has 0 saturated heterocycles. The van der Waals surface area contributed by atoms with Gasteiger partial charge in [0.2, 0.25) is 0 Å². The molecule has 2 aromatic rings. The van der Waals surface area contributed by atoms with Crippen molar-refractivity contribution in [3.63, 3.8) is 0 Å². The summed E-state index contributed by atoms with van der Waals surface area (Å²) in [5, 5.41) is 0.348. The van der Waals surface area contributed by atoms with Gasteiger partial charge in [0.1, 0.15) is 11.5 Å². The molecule has 8 heteroatoms. The number of hydrogen-bond acceptors (Lipinski definition) is 5. The van der Waals surface area contributed by atoms with Crippen molar-refractivity contribution in [1.82, 2.24) is 0 Å². The maximum Gasteiger partial charge on any atom is 0.264 e. The first-order chi connectivity index (χ1) is 11.9. The van der Waals surface area contributed by atoms with Crippen molar-refractivity contribution in [2.24, 2.45) is 0 Å². The van der Waals surface area contributed by atoms with Crippen LogP contribution in [0, 0.1) is 0 Å². The number of sulfonamides is 1. The summed E-state index contributed by atoms with van der Waals surface area (Å²) in [5.74, 6) is 0.737. The molecule has 0 saturated carbocycles. The largest absolute Gasteiger partial charge is 0.495 e. The quantitative estimate of drug-likeness (QED) is 0.647. The number of halogens is 1. The Kier molecular flexibility index (Phi) is 6.48. The molecule has 0 aliphatic carbocycles. The zero-order valence-electron chi connectivity index (χ0n) is 14.4. The van der Waals surface area contributed by atoms with Crippen LogP contribution in [0.4, 0.5) is 5.69 Å². The summed E-state index contributed by atoms with van der Waals surface area (Å²) < 4.78 is 38.0. The molecule has 25 heavy (non-hydrogen) atoms. The molecule has 5 nitrogen and oxygen atoms in total. The van der Waals surface area contributed by atoms with Gasteiger partial charge in [-0.15, -0.1) is 11.8 Å². The van der Waals surface area contributed by atoms with Gasteiger partial charge in [-0.25, -0.2) is 8.42 Å². The van der Waals surface area contributed by atoms with Crippen molar-refractivity contribution in [1.29, 1.82) is 0 Å². The summed E-state index contributed by atoms with van der Waals surface area (Å²) in [6.07, 6.45) is 1.94. The van der Waals surface area contributed by atoms with Crippen LogP contribution in [0.2, 0.25) is 5.02 Å². The van der Waals surface area contributed by atoms with E-state index in [0.717, 1.165) is 4.90 Å². The van der Waals surface area contributed by atoms with Crippen molar-refractivity contribution < 1.29 is 17.9 Å². The van der Waals surface area contributed by atoms with Gasteiger partial charge in [-0.05, 0) is 37.4 Å². The van der Waals surface area contributed by atoms with Crippen molar-refractivity contribution in [2.45, 2.75) is 16.7 Å². The minimum Gasteiger partial charge on any atom is -0.495 e. The monoisotopic (exact) mass is 401 g/mol. The van der Waals surface area contributed by atoms with E-state index in [2.05, 4.69) is 0 Å². The second kappa shape index (κ2) is 8.21. The Morgan fingerprint density at radius 3 is 2.16 bits per heavy atom. The number of methoxy groups -OCH3 is 2. The van der Waals surface area contributed by atoms with Gasteiger partial charge >= 0.3 is 0 Å². The Hall–Kier alpha value is -1.57. The Morgan fingerprint density at radius 1 is 1.08 bits per heavy atom. The Labute approximate surface area is 157 Å². The van der Waals surface area contributed by atoms with E-state index in [0.29, 0.717) is 22.2 Å². The predicted molar refractivity (Wildman–Crippen MR) is 103 cm³/mol. The summed E-state index contributed by atoms with van der Waals surface area (Å²) in [4.78, 5) is 1.20. The Balaban J connectivity index is 2.57. The normalized spacial score (nSPS) is 11.2. The average molecular weight is 402 g/mol. The Morgan fingerprint density at radius 2 is 1.68 bits per heavy atom. The third kappa shape index (κ3) is 3.99. The van der Waals surface area contributed by atoms with Crippen molar-refractivity contribution >= 4 is 39.1 Å². The molecule has 0 amide bonds. The van der Waals surface area contributed by atoms with Crippen LogP contribution in [0.3, 0.4) is 0 Å². The van der Waals surface area contributed by atoms with Gasteiger partial charge in [0.15, 0.2) is 0 Å². The standard InChI is InChI=1S/C17H20ClNO4S2/c1-5-19(15-11-16(22-2)14(18)10-17(15)23-3)25(20,21)13-8-6-12(24-4)7-9-13/h6-11H,5H2,1-4H3. The number of rotatable bonds is 7. The molecule has 0 bridgehead atoms. The molecule has 0 aliphatic rings. The van der Waals surface area contributed by atoms with Crippen LogP contribution in [0.1, 0.15) is 6.92 Å². The van der Waals surface area contributed by atoms with Gasteiger partial charge < -0.3 is 9.47 Å². The number of benzene rings is 2. The zero-order valence-corrected chi connectivity index (χ0v) is 16.8. The van der Waals surface area contributed by atoms with Gasteiger partial charge in [-0.2, -0.15) is 0 Å². The molecule has 0 aromatic heterocycles. The first kappa shape index (κ1) is 19.8. The summed E-state index contributed by atoms with van der Waals surface area (Å²) >= 11 is 7.67. The molecule has 0 unspecified atom stereocenters. The highest BCUT2D eigenvalue weighted by Crippen LogP contribution is 2.40. The third-order valence-corrected chi connectivity index (χ3v) is 6.60. The van der Waals surface area contributed by atoms with Gasteiger partial charge in [0, 0.05) is 23.6 Å². The van der Waals surface area contributed by atoms with E-state index in [1.807, 2.05) is 6.26 Å². The van der Waals surface area contributed by atoms with E-state index in [1.54, 1.807) is 55.1 Å². The van der Waals surface area contributed by atoms with Gasteiger partial charge in [-0.3, -0.25) is 4.31 Å². The van der Waals surface area contributed by atoms with E-state index in [9.17, 15) is 8.42 Å². The topological polar surface area (TPSA) is 55.8 Å². The maximum atomic E-state index is 13.1. The molecule has 2 rings (SSSR count). The van der Waals surface area contributed by atoms with Crippen LogP contribution in [-0.2, 0) is 10.0 Å². The summed E-state index contributed by atoms with van der Waals surface area (Å²) in [6.45, 7) is 1.99. The van der Waals surface area contributed by atoms with E-state index in [-0.39, 0.29) is 11.4 Å². The second-order valence-corrected chi connectivity index (χ2v) is 8.15. The van der Waals surface area contributed by atoms with Crippen LogP contribution in [0.25, 0.3) is 0 Å². The van der Waals surface area contributed by atoms with Crippen molar-refractivity contribution in [3.05, 3.63) is 41.4 Å². The molecule has 0 fully saturated rings. The lowest BCUT2D eigenvalue weighted by Crippen LogP contribution is -2.31. The fourth-order valence-electron chi connectivity index (χ4n) is 2.38.